The Labute approximate surface area is 208 Å². The Hall–Kier alpha value is -2.19. The quantitative estimate of drug-likeness (QED) is 0.405. The molecule has 33 heavy (non-hydrogen) atoms. The average Bonchev–Trinajstić information content (AvgIpc) is 3.08. The number of nitrogens with zero attached hydrogens (tertiary/aromatic N) is 2. The summed E-state index contributed by atoms with van der Waals surface area (Å²) < 4.78 is 29.3. The molecule has 0 aliphatic carbocycles. The summed E-state index contributed by atoms with van der Waals surface area (Å²) >= 11 is 9.61. The number of hydrogen-bond donors (Lipinski definition) is 0. The SMILES string of the molecule is Cc1ccc(S(=O)(=O)N(CC(=O)N2c3ccc(Br)cc3C[C@@H]2C)Cc2cccc(Cl)c2)cc1. The molecule has 5 nitrogen and oxygen atoms in total. The number of amides is 1. The van der Waals surface area contributed by atoms with Crippen LogP contribution in [-0.2, 0) is 27.8 Å². The van der Waals surface area contributed by atoms with E-state index in [1.54, 1.807) is 53.4 Å². The molecule has 0 saturated heterocycles. The second kappa shape index (κ2) is 9.58. The lowest BCUT2D eigenvalue weighted by Crippen LogP contribution is -2.44. The molecule has 1 atom stereocenters. The molecule has 3 aromatic rings. The summed E-state index contributed by atoms with van der Waals surface area (Å²) in [5.41, 5.74) is 3.56. The third kappa shape index (κ3) is 5.17. The van der Waals surface area contributed by atoms with Gasteiger partial charge in [-0.2, -0.15) is 4.31 Å². The van der Waals surface area contributed by atoms with Gasteiger partial charge in [-0.05, 0) is 73.9 Å². The van der Waals surface area contributed by atoms with E-state index in [4.69, 9.17) is 11.6 Å². The van der Waals surface area contributed by atoms with Crippen molar-refractivity contribution in [3.8, 4) is 0 Å². The van der Waals surface area contributed by atoms with Gasteiger partial charge in [0.1, 0.15) is 0 Å². The van der Waals surface area contributed by atoms with Gasteiger partial charge in [0.15, 0.2) is 0 Å². The standard InChI is InChI=1S/C25H24BrClN2O3S/c1-17-6-9-23(10-7-17)33(31,32)28(15-19-4-3-5-22(27)13-19)16-25(30)29-18(2)12-20-14-21(26)8-11-24(20)29/h3-11,13-14,18H,12,15-16H2,1-2H3/t18-/m0/s1. The van der Waals surface area contributed by atoms with E-state index in [2.05, 4.69) is 15.9 Å². The van der Waals surface area contributed by atoms with Crippen LogP contribution in [0.2, 0.25) is 5.02 Å². The minimum absolute atomic E-state index is 0.0396. The molecule has 1 amide bonds. The van der Waals surface area contributed by atoms with E-state index in [1.807, 2.05) is 32.0 Å². The molecular formula is C25H24BrClN2O3S. The second-order valence-electron chi connectivity index (χ2n) is 8.31. The Balaban J connectivity index is 1.68. The number of hydrogen-bond acceptors (Lipinski definition) is 3. The highest BCUT2D eigenvalue weighted by Crippen LogP contribution is 2.34. The molecule has 0 radical (unpaired) electrons. The number of carbonyl (C=O) groups is 1. The van der Waals surface area contributed by atoms with Gasteiger partial charge in [-0.3, -0.25) is 4.79 Å². The van der Waals surface area contributed by atoms with Crippen molar-refractivity contribution in [2.45, 2.75) is 37.8 Å². The maximum Gasteiger partial charge on any atom is 0.243 e. The van der Waals surface area contributed by atoms with Crippen LogP contribution in [0.25, 0.3) is 0 Å². The van der Waals surface area contributed by atoms with E-state index in [1.165, 1.54) is 4.31 Å². The molecule has 0 aromatic heterocycles. The summed E-state index contributed by atoms with van der Waals surface area (Å²) in [5.74, 6) is -0.263. The zero-order chi connectivity index (χ0) is 23.8. The van der Waals surface area contributed by atoms with Gasteiger partial charge < -0.3 is 4.90 Å². The van der Waals surface area contributed by atoms with Crippen LogP contribution < -0.4 is 4.90 Å². The minimum atomic E-state index is -3.92. The molecule has 0 N–H and O–H groups in total. The van der Waals surface area contributed by atoms with Gasteiger partial charge in [-0.25, -0.2) is 8.42 Å². The Morgan fingerprint density at radius 2 is 1.85 bits per heavy atom. The Bertz CT molecular complexity index is 1300. The van der Waals surface area contributed by atoms with Crippen molar-refractivity contribution in [3.63, 3.8) is 0 Å². The molecule has 172 valence electrons. The summed E-state index contributed by atoms with van der Waals surface area (Å²) in [7, 11) is -3.92. The van der Waals surface area contributed by atoms with Gasteiger partial charge >= 0.3 is 0 Å². The van der Waals surface area contributed by atoms with Gasteiger partial charge in [0.25, 0.3) is 0 Å². The number of anilines is 1. The van der Waals surface area contributed by atoms with Crippen LogP contribution in [0, 0.1) is 6.92 Å². The molecule has 1 heterocycles. The van der Waals surface area contributed by atoms with Crippen molar-refractivity contribution >= 4 is 49.1 Å². The summed E-state index contributed by atoms with van der Waals surface area (Å²) in [6, 6.07) is 19.4. The van der Waals surface area contributed by atoms with E-state index < -0.39 is 10.0 Å². The zero-order valence-corrected chi connectivity index (χ0v) is 21.5. The summed E-state index contributed by atoms with van der Waals surface area (Å²) in [6.07, 6.45) is 0.722. The van der Waals surface area contributed by atoms with Crippen LogP contribution >= 0.6 is 27.5 Å². The molecule has 0 unspecified atom stereocenters. The molecule has 4 rings (SSSR count). The molecule has 0 spiro atoms. The van der Waals surface area contributed by atoms with E-state index in [0.29, 0.717) is 10.6 Å². The fraction of sp³-hybridized carbons (Fsp3) is 0.240. The maximum atomic E-state index is 13.6. The fourth-order valence-electron chi connectivity index (χ4n) is 4.13. The number of rotatable bonds is 6. The van der Waals surface area contributed by atoms with Crippen molar-refractivity contribution in [1.82, 2.24) is 4.31 Å². The van der Waals surface area contributed by atoms with Crippen molar-refractivity contribution in [1.29, 1.82) is 0 Å². The van der Waals surface area contributed by atoms with Gasteiger partial charge in [-0.1, -0.05) is 57.4 Å². The smallest absolute Gasteiger partial charge is 0.243 e. The Morgan fingerprint density at radius 3 is 2.55 bits per heavy atom. The average molecular weight is 548 g/mol. The van der Waals surface area contributed by atoms with Crippen molar-refractivity contribution in [2.75, 3.05) is 11.4 Å². The van der Waals surface area contributed by atoms with Gasteiger partial charge in [0.05, 0.1) is 11.4 Å². The highest BCUT2D eigenvalue weighted by atomic mass is 79.9. The molecule has 1 aliphatic rings. The lowest BCUT2D eigenvalue weighted by atomic mass is 10.1. The van der Waals surface area contributed by atoms with Crippen LogP contribution in [0.3, 0.4) is 0 Å². The first-order valence-corrected chi connectivity index (χ1v) is 13.2. The van der Waals surface area contributed by atoms with Crippen molar-refractivity contribution in [3.05, 3.63) is 92.9 Å². The Morgan fingerprint density at radius 1 is 1.12 bits per heavy atom. The number of halogens is 2. The highest BCUT2D eigenvalue weighted by Gasteiger charge is 2.34. The minimum Gasteiger partial charge on any atom is -0.308 e. The molecule has 8 heteroatoms. The van der Waals surface area contributed by atoms with E-state index in [-0.39, 0.29) is 29.9 Å². The van der Waals surface area contributed by atoms with Crippen LogP contribution in [-0.4, -0.2) is 31.2 Å². The first kappa shape index (κ1) is 24.0. The largest absolute Gasteiger partial charge is 0.308 e. The normalized spacial score (nSPS) is 15.7. The Kier molecular flexibility index (Phi) is 6.96. The number of benzene rings is 3. The van der Waals surface area contributed by atoms with Gasteiger partial charge in [0.2, 0.25) is 15.9 Å². The predicted molar refractivity (Wildman–Crippen MR) is 135 cm³/mol. The van der Waals surface area contributed by atoms with E-state index in [9.17, 15) is 13.2 Å². The topological polar surface area (TPSA) is 57.7 Å². The third-order valence-electron chi connectivity index (χ3n) is 5.74. The van der Waals surface area contributed by atoms with E-state index in [0.717, 1.165) is 27.7 Å². The lowest BCUT2D eigenvalue weighted by molar-refractivity contribution is -0.119. The summed E-state index contributed by atoms with van der Waals surface area (Å²) in [6.45, 7) is 3.64. The van der Waals surface area contributed by atoms with Crippen LogP contribution in [0.1, 0.15) is 23.6 Å². The van der Waals surface area contributed by atoms with Crippen LogP contribution in [0.4, 0.5) is 5.69 Å². The zero-order valence-electron chi connectivity index (χ0n) is 18.3. The third-order valence-corrected chi connectivity index (χ3v) is 8.28. The lowest BCUT2D eigenvalue weighted by Gasteiger charge is -2.27. The van der Waals surface area contributed by atoms with E-state index >= 15 is 0 Å². The molecule has 1 aliphatic heterocycles. The molecule has 0 bridgehead atoms. The fourth-order valence-corrected chi connectivity index (χ4v) is 6.13. The van der Waals surface area contributed by atoms with Gasteiger partial charge in [-0.15, -0.1) is 0 Å². The highest BCUT2D eigenvalue weighted by molar-refractivity contribution is 9.10. The van der Waals surface area contributed by atoms with Crippen molar-refractivity contribution in [2.24, 2.45) is 0 Å². The molecule has 3 aromatic carbocycles. The second-order valence-corrected chi connectivity index (χ2v) is 11.6. The van der Waals surface area contributed by atoms with Crippen LogP contribution in [0.5, 0.6) is 0 Å². The number of fused-ring (bicyclic) bond motifs is 1. The first-order valence-electron chi connectivity index (χ1n) is 10.6. The van der Waals surface area contributed by atoms with Crippen LogP contribution in [0.15, 0.2) is 76.1 Å². The molecular weight excluding hydrogens is 524 g/mol. The monoisotopic (exact) mass is 546 g/mol. The predicted octanol–water partition coefficient (Wildman–Crippen LogP) is 5.58. The molecule has 0 fully saturated rings. The summed E-state index contributed by atoms with van der Waals surface area (Å²) in [4.78, 5) is 15.3. The number of carbonyl (C=O) groups excluding carboxylic acids is 1. The first-order chi connectivity index (χ1) is 15.6. The molecule has 0 saturated carbocycles. The number of aryl methyl sites for hydroxylation is 1. The summed E-state index contributed by atoms with van der Waals surface area (Å²) in [5, 5.41) is 0.513. The number of sulfonamides is 1. The van der Waals surface area contributed by atoms with Crippen molar-refractivity contribution < 1.29 is 13.2 Å². The maximum absolute atomic E-state index is 13.6. The van der Waals surface area contributed by atoms with Gasteiger partial charge in [0, 0.05) is 27.8 Å².